The van der Waals surface area contributed by atoms with E-state index in [-0.39, 0.29) is 17.4 Å². The van der Waals surface area contributed by atoms with Gasteiger partial charge in [-0.05, 0) is 25.0 Å². The summed E-state index contributed by atoms with van der Waals surface area (Å²) in [5.41, 5.74) is 0.254. The molecule has 5 nitrogen and oxygen atoms in total. The smallest absolute Gasteiger partial charge is 0.222 e. The number of nitrogens with zero attached hydrogens (tertiary/aromatic N) is 2. The Kier molecular flexibility index (Phi) is 4.60. The van der Waals surface area contributed by atoms with Crippen molar-refractivity contribution in [3.05, 3.63) is 35.2 Å². The van der Waals surface area contributed by atoms with Crippen molar-refractivity contribution < 1.29 is 14.3 Å². The van der Waals surface area contributed by atoms with Crippen molar-refractivity contribution in [2.75, 3.05) is 25.0 Å². The molecule has 3 rings (SSSR count). The summed E-state index contributed by atoms with van der Waals surface area (Å²) in [5.74, 6) is -0.701. The topological polar surface area (TPSA) is 65.5 Å². The van der Waals surface area contributed by atoms with E-state index in [0.717, 1.165) is 24.0 Å². The largest absolute Gasteiger partial charge is 0.388 e. The Morgan fingerprint density at radius 3 is 3.08 bits per heavy atom. The van der Waals surface area contributed by atoms with Gasteiger partial charge in [-0.25, -0.2) is 4.39 Å². The van der Waals surface area contributed by atoms with E-state index in [0.29, 0.717) is 18.5 Å². The average molecular weight is 352 g/mol. The van der Waals surface area contributed by atoms with Gasteiger partial charge < -0.3 is 15.3 Å². The van der Waals surface area contributed by atoms with Gasteiger partial charge in [0.2, 0.25) is 5.91 Å². The first kappa shape index (κ1) is 16.9. The molecule has 2 heterocycles. The molecule has 7 heteroatoms. The maximum atomic E-state index is 13.7. The van der Waals surface area contributed by atoms with Crippen molar-refractivity contribution in [2.24, 2.45) is 0 Å². The zero-order valence-corrected chi connectivity index (χ0v) is 14.1. The number of amides is 1. The Morgan fingerprint density at radius 2 is 2.33 bits per heavy atom. The highest BCUT2D eigenvalue weighted by molar-refractivity contribution is 6.31. The van der Waals surface area contributed by atoms with Crippen LogP contribution in [0, 0.1) is 5.82 Å². The normalized spacial score (nSPS) is 21.1. The van der Waals surface area contributed by atoms with Crippen LogP contribution in [0.5, 0.6) is 0 Å². The summed E-state index contributed by atoms with van der Waals surface area (Å²) in [6, 6.07) is 4.69. The van der Waals surface area contributed by atoms with Gasteiger partial charge in [-0.1, -0.05) is 11.6 Å². The van der Waals surface area contributed by atoms with Gasteiger partial charge in [0.25, 0.3) is 0 Å². The van der Waals surface area contributed by atoms with Crippen molar-refractivity contribution >= 4 is 34.1 Å². The lowest BCUT2D eigenvalue weighted by atomic mass is 9.88. The van der Waals surface area contributed by atoms with E-state index >= 15 is 0 Å². The molecule has 1 aromatic heterocycles. The van der Waals surface area contributed by atoms with E-state index in [1.807, 2.05) is 11.0 Å². The van der Waals surface area contributed by atoms with E-state index in [2.05, 4.69) is 10.3 Å². The number of benzene rings is 1. The fourth-order valence-electron chi connectivity index (χ4n) is 3.25. The minimum atomic E-state index is -1.09. The zero-order chi connectivity index (χ0) is 17.3. The quantitative estimate of drug-likeness (QED) is 0.891. The van der Waals surface area contributed by atoms with Crippen LogP contribution in [-0.4, -0.2) is 41.7 Å². The molecular weight excluding hydrogens is 333 g/mol. The Hall–Kier alpha value is -1.92. The first-order chi connectivity index (χ1) is 11.4. The lowest BCUT2D eigenvalue weighted by molar-refractivity contribution is -0.125. The third-order valence-corrected chi connectivity index (χ3v) is 4.71. The number of carbonyl (C=O) groups is 1. The van der Waals surface area contributed by atoms with Crippen molar-refractivity contribution in [2.45, 2.75) is 24.9 Å². The summed E-state index contributed by atoms with van der Waals surface area (Å²) < 4.78 is 13.7. The van der Waals surface area contributed by atoms with Crippen LogP contribution in [0.25, 0.3) is 10.9 Å². The Labute approximate surface area is 144 Å². The molecule has 1 atom stereocenters. The summed E-state index contributed by atoms with van der Waals surface area (Å²) in [4.78, 5) is 17.9. The number of halogens is 2. The van der Waals surface area contributed by atoms with Crippen LogP contribution in [0.15, 0.2) is 24.4 Å². The second-order valence-electron chi connectivity index (χ2n) is 6.21. The summed E-state index contributed by atoms with van der Waals surface area (Å²) in [5, 5.41) is 14.1. The molecule has 1 saturated heterocycles. The average Bonchev–Trinajstić information content (AvgIpc) is 2.55. The van der Waals surface area contributed by atoms with Gasteiger partial charge in [-0.3, -0.25) is 9.78 Å². The van der Waals surface area contributed by atoms with Crippen LogP contribution in [0.2, 0.25) is 5.02 Å². The van der Waals surface area contributed by atoms with Crippen molar-refractivity contribution in [1.29, 1.82) is 0 Å². The SMILES string of the molecule is CNC(=O)CC1(O)CCCN(c2ccnc3cc(F)c(Cl)cc23)C1. The monoisotopic (exact) mass is 351 g/mol. The summed E-state index contributed by atoms with van der Waals surface area (Å²) in [6.07, 6.45) is 2.98. The molecule has 0 aliphatic carbocycles. The molecule has 0 radical (unpaired) electrons. The molecule has 2 N–H and O–H groups in total. The highest BCUT2D eigenvalue weighted by atomic mass is 35.5. The fraction of sp³-hybridized carbons (Fsp3) is 0.412. The minimum Gasteiger partial charge on any atom is -0.388 e. The predicted octanol–water partition coefficient (Wildman–Crippen LogP) is 2.49. The van der Waals surface area contributed by atoms with Gasteiger partial charge in [-0.2, -0.15) is 0 Å². The first-order valence-corrected chi connectivity index (χ1v) is 8.21. The third-order valence-electron chi connectivity index (χ3n) is 4.43. The zero-order valence-electron chi connectivity index (χ0n) is 13.4. The van der Waals surface area contributed by atoms with Gasteiger partial charge >= 0.3 is 0 Å². The number of rotatable bonds is 3. The Balaban J connectivity index is 1.95. The first-order valence-electron chi connectivity index (χ1n) is 7.83. The molecule has 0 bridgehead atoms. The maximum Gasteiger partial charge on any atom is 0.222 e. The van der Waals surface area contributed by atoms with Gasteiger partial charge in [0.05, 0.1) is 22.6 Å². The standard InChI is InChI=1S/C17H19ClFN3O2/c1-20-16(23)9-17(24)4-2-6-22(10-17)15-3-5-21-14-8-13(19)12(18)7-11(14)15/h3,5,7-8,24H,2,4,6,9-10H2,1H3,(H,20,23). The Bertz CT molecular complexity index is 786. The van der Waals surface area contributed by atoms with E-state index in [9.17, 15) is 14.3 Å². The highest BCUT2D eigenvalue weighted by Gasteiger charge is 2.35. The molecule has 0 saturated carbocycles. The molecule has 1 aliphatic heterocycles. The van der Waals surface area contributed by atoms with Gasteiger partial charge in [0.15, 0.2) is 0 Å². The number of hydrogen-bond donors (Lipinski definition) is 2. The number of carbonyl (C=O) groups excluding carboxylic acids is 1. The van der Waals surface area contributed by atoms with Gasteiger partial charge in [-0.15, -0.1) is 0 Å². The van der Waals surface area contributed by atoms with Crippen molar-refractivity contribution in [3.63, 3.8) is 0 Å². The Morgan fingerprint density at radius 1 is 1.54 bits per heavy atom. The van der Waals surface area contributed by atoms with E-state index in [1.165, 1.54) is 6.07 Å². The van der Waals surface area contributed by atoms with E-state index < -0.39 is 11.4 Å². The molecule has 128 valence electrons. The molecule has 0 spiro atoms. The lowest BCUT2D eigenvalue weighted by Gasteiger charge is -2.40. The molecule has 24 heavy (non-hydrogen) atoms. The number of aliphatic hydroxyl groups is 1. The maximum absolute atomic E-state index is 13.7. The van der Waals surface area contributed by atoms with Crippen LogP contribution in [-0.2, 0) is 4.79 Å². The fourth-order valence-corrected chi connectivity index (χ4v) is 3.42. The molecule has 1 aromatic carbocycles. The molecule has 2 aromatic rings. The number of pyridine rings is 1. The number of nitrogens with one attached hydrogen (secondary N) is 1. The molecule has 1 aliphatic rings. The van der Waals surface area contributed by atoms with Crippen LogP contribution in [0.3, 0.4) is 0 Å². The van der Waals surface area contributed by atoms with Crippen LogP contribution < -0.4 is 10.2 Å². The second kappa shape index (κ2) is 6.53. The predicted molar refractivity (Wildman–Crippen MR) is 91.8 cm³/mol. The van der Waals surface area contributed by atoms with Crippen LogP contribution in [0.1, 0.15) is 19.3 Å². The number of hydrogen-bond acceptors (Lipinski definition) is 4. The van der Waals surface area contributed by atoms with Crippen LogP contribution >= 0.6 is 11.6 Å². The molecule has 1 amide bonds. The molecular formula is C17H19ClFN3O2. The van der Waals surface area contributed by atoms with Gasteiger partial charge in [0, 0.05) is 43.5 Å². The van der Waals surface area contributed by atoms with Gasteiger partial charge in [0.1, 0.15) is 5.82 Å². The number of piperidine rings is 1. The second-order valence-corrected chi connectivity index (χ2v) is 6.62. The molecule has 1 fully saturated rings. The number of fused-ring (bicyclic) bond motifs is 1. The third kappa shape index (κ3) is 3.30. The number of aromatic nitrogens is 1. The minimum absolute atomic E-state index is 0.0365. The number of anilines is 1. The summed E-state index contributed by atoms with van der Waals surface area (Å²) >= 11 is 5.92. The molecule has 1 unspecified atom stereocenters. The van der Waals surface area contributed by atoms with Crippen LogP contribution in [0.4, 0.5) is 10.1 Å². The lowest BCUT2D eigenvalue weighted by Crippen LogP contribution is -2.50. The van der Waals surface area contributed by atoms with Crippen molar-refractivity contribution in [1.82, 2.24) is 10.3 Å². The summed E-state index contributed by atoms with van der Waals surface area (Å²) in [7, 11) is 1.55. The summed E-state index contributed by atoms with van der Waals surface area (Å²) in [6.45, 7) is 1.07. The highest BCUT2D eigenvalue weighted by Crippen LogP contribution is 2.34. The van der Waals surface area contributed by atoms with E-state index in [4.69, 9.17) is 11.6 Å². The number of β-amino-alcohol motifs (C(OH)–C–C–N with tert-alkyl or cyclic N) is 1. The van der Waals surface area contributed by atoms with Crippen molar-refractivity contribution in [3.8, 4) is 0 Å². The van der Waals surface area contributed by atoms with E-state index in [1.54, 1.807) is 19.3 Å².